The van der Waals surface area contributed by atoms with Crippen molar-refractivity contribution in [3.05, 3.63) is 35.4 Å². The second kappa shape index (κ2) is 9.42. The van der Waals surface area contributed by atoms with Gasteiger partial charge < -0.3 is 19.7 Å². The zero-order valence-electron chi connectivity index (χ0n) is 16.1. The van der Waals surface area contributed by atoms with Gasteiger partial charge in [0.05, 0.1) is 13.7 Å². The lowest BCUT2D eigenvalue weighted by molar-refractivity contribution is -0.139. The predicted octanol–water partition coefficient (Wildman–Crippen LogP) is 3.09. The summed E-state index contributed by atoms with van der Waals surface area (Å²) in [4.78, 5) is 25.4. The Kier molecular flexibility index (Phi) is 7.90. The van der Waals surface area contributed by atoms with E-state index >= 15 is 0 Å². The van der Waals surface area contributed by atoms with Gasteiger partial charge >= 0.3 is 12.1 Å². The summed E-state index contributed by atoms with van der Waals surface area (Å²) in [5.41, 5.74) is 1.51. The van der Waals surface area contributed by atoms with Crippen LogP contribution in [-0.4, -0.2) is 42.3 Å². The van der Waals surface area contributed by atoms with Crippen molar-refractivity contribution in [1.29, 1.82) is 0 Å². The van der Waals surface area contributed by atoms with Crippen LogP contribution in [0.1, 0.15) is 45.7 Å². The van der Waals surface area contributed by atoms with Crippen molar-refractivity contribution in [1.82, 2.24) is 10.2 Å². The molecule has 0 saturated heterocycles. The maximum Gasteiger partial charge on any atom is 0.410 e. The zero-order valence-corrected chi connectivity index (χ0v) is 16.1. The van der Waals surface area contributed by atoms with E-state index < -0.39 is 5.60 Å². The van der Waals surface area contributed by atoms with Crippen molar-refractivity contribution in [3.63, 3.8) is 0 Å². The second-order valence-corrected chi connectivity index (χ2v) is 7.15. The second-order valence-electron chi connectivity index (χ2n) is 7.15. The van der Waals surface area contributed by atoms with Crippen LogP contribution in [0.2, 0.25) is 0 Å². The summed E-state index contributed by atoms with van der Waals surface area (Å²) >= 11 is 0. The molecular formula is C19H30N2O4. The van der Waals surface area contributed by atoms with Crippen LogP contribution in [0.15, 0.2) is 24.3 Å². The fourth-order valence-electron chi connectivity index (χ4n) is 2.22. The van der Waals surface area contributed by atoms with Crippen LogP contribution >= 0.6 is 0 Å². The third-order valence-electron chi connectivity index (χ3n) is 3.52. The SMILES string of the molecule is COC(=O)CNCc1ccccc1CN(C(=O)OC(C)(C)C)C(C)C. The Morgan fingerprint density at radius 1 is 1.16 bits per heavy atom. The number of nitrogens with one attached hydrogen (secondary N) is 1. The van der Waals surface area contributed by atoms with Crippen molar-refractivity contribution in [2.45, 2.75) is 59.4 Å². The van der Waals surface area contributed by atoms with Crippen LogP contribution in [0.4, 0.5) is 4.79 Å². The van der Waals surface area contributed by atoms with E-state index in [0.29, 0.717) is 13.1 Å². The van der Waals surface area contributed by atoms with Gasteiger partial charge in [-0.15, -0.1) is 0 Å². The molecule has 0 aliphatic carbocycles. The number of nitrogens with zero attached hydrogens (tertiary/aromatic N) is 1. The molecule has 0 radical (unpaired) electrons. The van der Waals surface area contributed by atoms with Crippen LogP contribution in [-0.2, 0) is 27.4 Å². The molecule has 1 rings (SSSR count). The minimum absolute atomic E-state index is 0.00549. The van der Waals surface area contributed by atoms with Crippen molar-refractivity contribution in [3.8, 4) is 0 Å². The summed E-state index contributed by atoms with van der Waals surface area (Å²) in [6.07, 6.45) is -0.333. The number of hydrogen-bond acceptors (Lipinski definition) is 5. The number of hydrogen-bond donors (Lipinski definition) is 1. The molecule has 1 aromatic carbocycles. The Bertz CT molecular complexity index is 579. The van der Waals surface area contributed by atoms with E-state index in [1.807, 2.05) is 58.9 Å². The number of ether oxygens (including phenoxy) is 2. The Morgan fingerprint density at radius 2 is 1.76 bits per heavy atom. The maximum absolute atomic E-state index is 12.5. The lowest BCUT2D eigenvalue weighted by atomic mass is 10.1. The predicted molar refractivity (Wildman–Crippen MR) is 97.1 cm³/mol. The molecule has 0 saturated carbocycles. The van der Waals surface area contributed by atoms with Gasteiger partial charge in [0, 0.05) is 19.1 Å². The highest BCUT2D eigenvalue weighted by molar-refractivity contribution is 5.71. The molecule has 1 N–H and O–H groups in total. The van der Waals surface area contributed by atoms with Crippen molar-refractivity contribution < 1.29 is 19.1 Å². The number of benzene rings is 1. The molecule has 0 aliphatic heterocycles. The molecule has 0 spiro atoms. The van der Waals surface area contributed by atoms with Crippen molar-refractivity contribution in [2.24, 2.45) is 0 Å². The Labute approximate surface area is 150 Å². The van der Waals surface area contributed by atoms with Gasteiger partial charge in [0.15, 0.2) is 0 Å². The first kappa shape index (κ1) is 21.0. The van der Waals surface area contributed by atoms with Crippen LogP contribution < -0.4 is 5.32 Å². The van der Waals surface area contributed by atoms with Gasteiger partial charge in [0.2, 0.25) is 0 Å². The molecule has 0 fully saturated rings. The number of esters is 1. The summed E-state index contributed by atoms with van der Waals surface area (Å²) in [6, 6.07) is 7.84. The lowest BCUT2D eigenvalue weighted by Crippen LogP contribution is -2.40. The van der Waals surface area contributed by atoms with Gasteiger partial charge in [-0.25, -0.2) is 4.79 Å². The molecule has 0 aromatic heterocycles. The molecule has 6 nitrogen and oxygen atoms in total. The smallest absolute Gasteiger partial charge is 0.410 e. The molecule has 6 heteroatoms. The summed E-state index contributed by atoms with van der Waals surface area (Å²) in [7, 11) is 1.36. The normalized spacial score (nSPS) is 11.3. The van der Waals surface area contributed by atoms with E-state index in [1.54, 1.807) is 4.90 Å². The van der Waals surface area contributed by atoms with Gasteiger partial charge in [-0.05, 0) is 45.7 Å². The van der Waals surface area contributed by atoms with Crippen LogP contribution in [0.25, 0.3) is 0 Å². The first-order chi connectivity index (χ1) is 11.6. The molecule has 140 valence electrons. The number of rotatable bonds is 7. The van der Waals surface area contributed by atoms with E-state index in [4.69, 9.17) is 4.74 Å². The van der Waals surface area contributed by atoms with Crippen LogP contribution in [0.5, 0.6) is 0 Å². The van der Waals surface area contributed by atoms with E-state index in [1.165, 1.54) is 7.11 Å². The largest absolute Gasteiger partial charge is 0.468 e. The zero-order chi connectivity index (χ0) is 19.0. The minimum atomic E-state index is -0.536. The number of carbonyl (C=O) groups is 2. The average molecular weight is 350 g/mol. The summed E-state index contributed by atoms with van der Waals surface area (Å²) in [5, 5.41) is 3.05. The van der Waals surface area contributed by atoms with Crippen molar-refractivity contribution in [2.75, 3.05) is 13.7 Å². The van der Waals surface area contributed by atoms with Gasteiger partial charge in [0.25, 0.3) is 0 Å². The highest BCUT2D eigenvalue weighted by atomic mass is 16.6. The van der Waals surface area contributed by atoms with Crippen LogP contribution in [0, 0.1) is 0 Å². The first-order valence-corrected chi connectivity index (χ1v) is 8.48. The molecule has 1 aromatic rings. The Hall–Kier alpha value is -2.08. The number of amides is 1. The molecule has 0 atom stereocenters. The van der Waals surface area contributed by atoms with E-state index in [0.717, 1.165) is 11.1 Å². The molecule has 0 unspecified atom stereocenters. The lowest BCUT2D eigenvalue weighted by Gasteiger charge is -2.30. The molecule has 0 bridgehead atoms. The molecule has 25 heavy (non-hydrogen) atoms. The fraction of sp³-hybridized carbons (Fsp3) is 0.579. The topological polar surface area (TPSA) is 67.9 Å². The summed E-state index contributed by atoms with van der Waals surface area (Å²) in [6.45, 7) is 10.6. The first-order valence-electron chi connectivity index (χ1n) is 8.48. The Morgan fingerprint density at radius 3 is 2.28 bits per heavy atom. The van der Waals surface area contributed by atoms with Gasteiger partial charge in [-0.2, -0.15) is 0 Å². The minimum Gasteiger partial charge on any atom is -0.468 e. The van der Waals surface area contributed by atoms with Crippen LogP contribution in [0.3, 0.4) is 0 Å². The fourth-order valence-corrected chi connectivity index (χ4v) is 2.22. The third kappa shape index (κ3) is 7.56. The standard InChI is InChI=1S/C19H30N2O4/c1-14(2)21(18(23)25-19(3,4)5)13-16-10-8-7-9-15(16)11-20-12-17(22)24-6/h7-10,14,20H,11-13H2,1-6H3. The summed E-state index contributed by atoms with van der Waals surface area (Å²) in [5.74, 6) is -0.310. The quantitative estimate of drug-likeness (QED) is 0.766. The van der Waals surface area contributed by atoms with Gasteiger partial charge in [-0.1, -0.05) is 24.3 Å². The van der Waals surface area contributed by atoms with Gasteiger partial charge in [0.1, 0.15) is 5.60 Å². The van der Waals surface area contributed by atoms with E-state index in [9.17, 15) is 9.59 Å². The maximum atomic E-state index is 12.5. The monoisotopic (exact) mass is 350 g/mol. The molecule has 0 aliphatic rings. The summed E-state index contributed by atoms with van der Waals surface area (Å²) < 4.78 is 10.1. The Balaban J connectivity index is 2.84. The highest BCUT2D eigenvalue weighted by Gasteiger charge is 2.24. The molecule has 1 amide bonds. The van der Waals surface area contributed by atoms with Gasteiger partial charge in [-0.3, -0.25) is 4.79 Å². The van der Waals surface area contributed by atoms with Crippen molar-refractivity contribution >= 4 is 12.1 Å². The molecule has 0 heterocycles. The third-order valence-corrected chi connectivity index (χ3v) is 3.52. The average Bonchev–Trinajstić information content (AvgIpc) is 2.51. The van der Waals surface area contributed by atoms with E-state index in [2.05, 4.69) is 10.1 Å². The number of carbonyl (C=O) groups excluding carboxylic acids is 2. The number of methoxy groups -OCH3 is 1. The molecular weight excluding hydrogens is 320 g/mol. The van der Waals surface area contributed by atoms with E-state index in [-0.39, 0.29) is 24.6 Å². The highest BCUT2D eigenvalue weighted by Crippen LogP contribution is 2.17.